The molecule has 94 valence electrons. The van der Waals surface area contributed by atoms with Crippen molar-refractivity contribution in [2.24, 2.45) is 0 Å². The lowest BCUT2D eigenvalue weighted by Gasteiger charge is -2.21. The minimum Gasteiger partial charge on any atom is -0.467 e. The molecule has 2 aromatic rings. The largest absolute Gasteiger partial charge is 0.467 e. The number of nitrogens with one attached hydrogen (secondary N) is 1. The van der Waals surface area contributed by atoms with Gasteiger partial charge in [-0.15, -0.1) is 0 Å². The summed E-state index contributed by atoms with van der Waals surface area (Å²) < 4.78 is 10.8. The van der Waals surface area contributed by atoms with Gasteiger partial charge in [-0.3, -0.25) is 5.10 Å². The van der Waals surface area contributed by atoms with E-state index in [2.05, 4.69) is 15.2 Å². The van der Waals surface area contributed by atoms with E-state index >= 15 is 0 Å². The zero-order chi connectivity index (χ0) is 12.4. The number of nitrogens with zero attached hydrogens (tertiary/aromatic N) is 2. The van der Waals surface area contributed by atoms with Crippen LogP contribution in [0.3, 0.4) is 0 Å². The number of anilines is 1. The monoisotopic (exact) mass is 264 g/mol. The van der Waals surface area contributed by atoms with Crippen molar-refractivity contribution in [2.75, 3.05) is 12.5 Å². The normalized spacial score (nSPS) is 14.0. The van der Waals surface area contributed by atoms with Crippen molar-refractivity contribution in [1.82, 2.24) is 15.2 Å². The predicted molar refractivity (Wildman–Crippen MR) is 67.1 cm³/mol. The lowest BCUT2D eigenvalue weighted by molar-refractivity contribution is -0.0168. The summed E-state index contributed by atoms with van der Waals surface area (Å²) in [6, 6.07) is 3.81. The van der Waals surface area contributed by atoms with E-state index < -0.39 is 0 Å². The molecule has 1 aromatic carbocycles. The van der Waals surface area contributed by atoms with Crippen molar-refractivity contribution < 1.29 is 9.47 Å². The van der Waals surface area contributed by atoms with Gasteiger partial charge in [0, 0.05) is 22.6 Å². The SMILES string of the molecule is Nc1cc2c(c(CSc3ncn[nH]3)c1)OCOC2. The highest BCUT2D eigenvalue weighted by molar-refractivity contribution is 7.98. The average molecular weight is 264 g/mol. The zero-order valence-electron chi connectivity index (χ0n) is 9.55. The number of aromatic nitrogens is 3. The Morgan fingerprint density at radius 3 is 3.22 bits per heavy atom. The first-order valence-corrected chi connectivity index (χ1v) is 6.41. The first kappa shape index (κ1) is 11.4. The molecule has 7 heteroatoms. The van der Waals surface area contributed by atoms with Crippen LogP contribution in [0.1, 0.15) is 11.1 Å². The highest BCUT2D eigenvalue weighted by atomic mass is 32.2. The number of rotatable bonds is 3. The molecule has 3 N–H and O–H groups in total. The summed E-state index contributed by atoms with van der Waals surface area (Å²) in [4.78, 5) is 4.07. The highest BCUT2D eigenvalue weighted by Gasteiger charge is 2.16. The van der Waals surface area contributed by atoms with Gasteiger partial charge >= 0.3 is 0 Å². The van der Waals surface area contributed by atoms with Crippen LogP contribution >= 0.6 is 11.8 Å². The molecular weight excluding hydrogens is 252 g/mol. The van der Waals surface area contributed by atoms with Crippen molar-refractivity contribution in [2.45, 2.75) is 17.5 Å². The lowest BCUT2D eigenvalue weighted by atomic mass is 10.1. The molecule has 0 saturated carbocycles. The molecule has 0 unspecified atom stereocenters. The average Bonchev–Trinajstić information content (AvgIpc) is 2.89. The van der Waals surface area contributed by atoms with Gasteiger partial charge in [-0.1, -0.05) is 11.8 Å². The van der Waals surface area contributed by atoms with Gasteiger partial charge in [0.25, 0.3) is 0 Å². The van der Waals surface area contributed by atoms with Crippen LogP contribution in [0.25, 0.3) is 0 Å². The van der Waals surface area contributed by atoms with Gasteiger partial charge in [-0.25, -0.2) is 4.98 Å². The van der Waals surface area contributed by atoms with E-state index in [9.17, 15) is 0 Å². The molecule has 2 heterocycles. The summed E-state index contributed by atoms with van der Waals surface area (Å²) >= 11 is 1.56. The number of nitrogens with two attached hydrogens (primary N) is 1. The van der Waals surface area contributed by atoms with Gasteiger partial charge in [0.1, 0.15) is 12.1 Å². The molecule has 0 amide bonds. The smallest absolute Gasteiger partial charge is 0.189 e. The van der Waals surface area contributed by atoms with Gasteiger partial charge in [-0.2, -0.15) is 5.10 Å². The summed E-state index contributed by atoms with van der Waals surface area (Å²) in [7, 11) is 0. The molecule has 0 fully saturated rings. The molecular formula is C11H12N4O2S. The van der Waals surface area contributed by atoms with Crippen LogP contribution in [0.4, 0.5) is 5.69 Å². The minimum atomic E-state index is 0.289. The Balaban J connectivity index is 1.84. The fourth-order valence-corrected chi connectivity index (χ4v) is 2.59. The second-order valence-corrected chi connectivity index (χ2v) is 4.82. The van der Waals surface area contributed by atoms with E-state index in [1.807, 2.05) is 12.1 Å². The van der Waals surface area contributed by atoms with Crippen molar-refractivity contribution >= 4 is 17.4 Å². The number of hydrogen-bond donors (Lipinski definition) is 2. The first-order valence-electron chi connectivity index (χ1n) is 5.43. The van der Waals surface area contributed by atoms with Crippen LogP contribution in [-0.4, -0.2) is 22.0 Å². The van der Waals surface area contributed by atoms with Crippen LogP contribution in [0.15, 0.2) is 23.6 Å². The summed E-state index contributed by atoms with van der Waals surface area (Å²) in [6.45, 7) is 0.831. The van der Waals surface area contributed by atoms with E-state index in [0.717, 1.165) is 33.5 Å². The van der Waals surface area contributed by atoms with Crippen molar-refractivity contribution in [3.63, 3.8) is 0 Å². The number of H-pyrrole nitrogens is 1. The molecule has 1 aliphatic rings. The number of ether oxygens (including phenoxy) is 2. The summed E-state index contributed by atoms with van der Waals surface area (Å²) in [5.41, 5.74) is 8.64. The fourth-order valence-electron chi connectivity index (χ4n) is 1.84. The summed E-state index contributed by atoms with van der Waals surface area (Å²) in [6.07, 6.45) is 1.49. The maximum absolute atomic E-state index is 5.88. The molecule has 6 nitrogen and oxygen atoms in total. The Kier molecular flexibility index (Phi) is 3.07. The number of thioether (sulfide) groups is 1. The summed E-state index contributed by atoms with van der Waals surface area (Å²) in [5, 5.41) is 7.39. The Morgan fingerprint density at radius 1 is 1.44 bits per heavy atom. The van der Waals surface area contributed by atoms with E-state index in [1.165, 1.54) is 6.33 Å². The molecule has 1 aromatic heterocycles. The molecule has 3 rings (SSSR count). The molecule has 0 radical (unpaired) electrons. The molecule has 0 bridgehead atoms. The van der Waals surface area contributed by atoms with Gasteiger partial charge < -0.3 is 15.2 Å². The van der Waals surface area contributed by atoms with Crippen LogP contribution in [0, 0.1) is 0 Å². The van der Waals surface area contributed by atoms with Gasteiger partial charge in [0.15, 0.2) is 11.9 Å². The third-order valence-corrected chi connectivity index (χ3v) is 3.49. The maximum atomic E-state index is 5.88. The van der Waals surface area contributed by atoms with Crippen molar-refractivity contribution in [3.8, 4) is 5.75 Å². The molecule has 18 heavy (non-hydrogen) atoms. The predicted octanol–water partition coefficient (Wildman–Crippen LogP) is 1.55. The Bertz CT molecular complexity index is 544. The van der Waals surface area contributed by atoms with Crippen LogP contribution < -0.4 is 10.5 Å². The van der Waals surface area contributed by atoms with Crippen molar-refractivity contribution in [3.05, 3.63) is 29.6 Å². The number of nitrogen functional groups attached to an aromatic ring is 1. The Labute approximate surface area is 108 Å². The van der Waals surface area contributed by atoms with E-state index in [4.69, 9.17) is 15.2 Å². The standard InChI is InChI=1S/C11H12N4O2S/c12-9-1-7-3-16-6-17-10(7)8(2-9)4-18-11-13-5-14-15-11/h1-2,5H,3-4,6,12H2,(H,13,14,15). The quantitative estimate of drug-likeness (QED) is 0.646. The van der Waals surface area contributed by atoms with E-state index in [0.29, 0.717) is 6.61 Å². The third kappa shape index (κ3) is 2.27. The van der Waals surface area contributed by atoms with E-state index in [-0.39, 0.29) is 6.79 Å². The number of benzene rings is 1. The molecule has 0 spiro atoms. The van der Waals surface area contributed by atoms with Gasteiger partial charge in [0.05, 0.1) is 6.61 Å². The zero-order valence-corrected chi connectivity index (χ0v) is 10.4. The third-order valence-electron chi connectivity index (χ3n) is 2.57. The molecule has 0 saturated heterocycles. The second-order valence-electron chi connectivity index (χ2n) is 3.86. The lowest BCUT2D eigenvalue weighted by Crippen LogP contribution is -2.13. The van der Waals surface area contributed by atoms with E-state index in [1.54, 1.807) is 11.8 Å². The van der Waals surface area contributed by atoms with Crippen LogP contribution in [0.2, 0.25) is 0 Å². The molecule has 1 aliphatic heterocycles. The van der Waals surface area contributed by atoms with Crippen LogP contribution in [0.5, 0.6) is 5.75 Å². The first-order chi connectivity index (χ1) is 8.83. The minimum absolute atomic E-state index is 0.289. The van der Waals surface area contributed by atoms with Crippen LogP contribution in [-0.2, 0) is 17.1 Å². The van der Waals surface area contributed by atoms with Gasteiger partial charge in [0.2, 0.25) is 0 Å². The number of hydrogen-bond acceptors (Lipinski definition) is 6. The number of fused-ring (bicyclic) bond motifs is 1. The molecule has 0 aliphatic carbocycles. The second kappa shape index (κ2) is 4.87. The topological polar surface area (TPSA) is 86.1 Å². The maximum Gasteiger partial charge on any atom is 0.189 e. The fraction of sp³-hybridized carbons (Fsp3) is 0.273. The van der Waals surface area contributed by atoms with Gasteiger partial charge in [-0.05, 0) is 12.1 Å². The highest BCUT2D eigenvalue weighted by Crippen LogP contribution is 2.34. The summed E-state index contributed by atoms with van der Waals surface area (Å²) in [5.74, 6) is 1.60. The Morgan fingerprint density at radius 2 is 2.39 bits per heavy atom. The Hall–Kier alpha value is -1.73. The molecule has 0 atom stereocenters. The number of aromatic amines is 1. The van der Waals surface area contributed by atoms with Crippen molar-refractivity contribution in [1.29, 1.82) is 0 Å².